The molecule has 0 saturated heterocycles. The van der Waals surface area contributed by atoms with Crippen LogP contribution in [-0.2, 0) is 31.9 Å². The molecular formula is C21H22N4O5S2. The second kappa shape index (κ2) is 11.9. The Labute approximate surface area is 192 Å². The van der Waals surface area contributed by atoms with Gasteiger partial charge in [-0.15, -0.1) is 22.7 Å². The van der Waals surface area contributed by atoms with Crippen molar-refractivity contribution < 1.29 is 23.9 Å². The maximum atomic E-state index is 12.4. The molecule has 0 aliphatic heterocycles. The Balaban J connectivity index is 1.47. The molecule has 0 unspecified atom stereocenters. The standard InChI is InChI=1S/C21H22N4O5S2/c1-29-7-8-30-21(28)24-15-5-2-4-14(10-15)22-18(26)11-16-13-32-20(23-16)25-19(27)12-17-6-3-9-31-17/h2-6,9-10,13H,7-8,11-12H2,1H3,(H,22,26)(H,24,28)(H,23,25,27). The van der Waals surface area contributed by atoms with Gasteiger partial charge in [0.25, 0.3) is 0 Å². The van der Waals surface area contributed by atoms with E-state index in [0.29, 0.717) is 28.8 Å². The molecule has 3 aromatic rings. The number of hydrogen-bond acceptors (Lipinski definition) is 8. The number of hydrogen-bond donors (Lipinski definition) is 3. The van der Waals surface area contributed by atoms with Gasteiger partial charge in [-0.1, -0.05) is 12.1 Å². The summed E-state index contributed by atoms with van der Waals surface area (Å²) in [6.07, 6.45) is -0.271. The number of methoxy groups -OCH3 is 1. The normalized spacial score (nSPS) is 10.4. The van der Waals surface area contributed by atoms with Crippen molar-refractivity contribution in [2.45, 2.75) is 12.8 Å². The van der Waals surface area contributed by atoms with E-state index in [-0.39, 0.29) is 31.3 Å². The van der Waals surface area contributed by atoms with Crippen LogP contribution in [0.5, 0.6) is 0 Å². The molecule has 3 amide bonds. The third-order valence-electron chi connectivity index (χ3n) is 3.97. The third kappa shape index (κ3) is 7.76. The molecule has 2 aromatic heterocycles. The molecule has 3 rings (SSSR count). The molecule has 0 radical (unpaired) electrons. The summed E-state index contributed by atoms with van der Waals surface area (Å²) in [7, 11) is 1.52. The number of anilines is 3. The average molecular weight is 475 g/mol. The first-order valence-corrected chi connectivity index (χ1v) is 11.4. The predicted molar refractivity (Wildman–Crippen MR) is 124 cm³/mol. The van der Waals surface area contributed by atoms with Crippen LogP contribution in [0.3, 0.4) is 0 Å². The van der Waals surface area contributed by atoms with Gasteiger partial charge in [0.15, 0.2) is 5.13 Å². The van der Waals surface area contributed by atoms with Crippen LogP contribution in [-0.4, -0.2) is 43.2 Å². The zero-order valence-electron chi connectivity index (χ0n) is 17.3. The van der Waals surface area contributed by atoms with E-state index in [4.69, 9.17) is 9.47 Å². The molecular weight excluding hydrogens is 452 g/mol. The molecule has 9 nitrogen and oxygen atoms in total. The lowest BCUT2D eigenvalue weighted by molar-refractivity contribution is -0.116. The number of ether oxygens (including phenoxy) is 2. The highest BCUT2D eigenvalue weighted by Gasteiger charge is 2.12. The quantitative estimate of drug-likeness (QED) is 0.385. The predicted octanol–water partition coefficient (Wildman–Crippen LogP) is 3.76. The van der Waals surface area contributed by atoms with Crippen molar-refractivity contribution in [3.63, 3.8) is 0 Å². The van der Waals surface area contributed by atoms with Crippen molar-refractivity contribution in [2.75, 3.05) is 36.3 Å². The summed E-state index contributed by atoms with van der Waals surface area (Å²) in [5.74, 6) is -0.422. The van der Waals surface area contributed by atoms with E-state index in [1.165, 1.54) is 29.8 Å². The lowest BCUT2D eigenvalue weighted by atomic mass is 10.2. The van der Waals surface area contributed by atoms with E-state index in [9.17, 15) is 14.4 Å². The fourth-order valence-corrected chi connectivity index (χ4v) is 4.03. The van der Waals surface area contributed by atoms with Gasteiger partial charge in [-0.25, -0.2) is 9.78 Å². The Kier molecular flexibility index (Phi) is 8.72. The molecule has 3 N–H and O–H groups in total. The van der Waals surface area contributed by atoms with Gasteiger partial charge in [-0.3, -0.25) is 14.9 Å². The molecule has 0 aliphatic rings. The summed E-state index contributed by atoms with van der Waals surface area (Å²) in [6, 6.07) is 10.5. The van der Waals surface area contributed by atoms with E-state index >= 15 is 0 Å². The van der Waals surface area contributed by atoms with E-state index in [1.807, 2.05) is 17.5 Å². The average Bonchev–Trinajstić information content (AvgIpc) is 3.40. The smallest absolute Gasteiger partial charge is 0.411 e. The second-order valence-corrected chi connectivity index (χ2v) is 8.40. The molecule has 1 aromatic carbocycles. The zero-order chi connectivity index (χ0) is 22.8. The van der Waals surface area contributed by atoms with Gasteiger partial charge in [0.2, 0.25) is 11.8 Å². The van der Waals surface area contributed by atoms with Gasteiger partial charge < -0.3 is 20.1 Å². The summed E-state index contributed by atoms with van der Waals surface area (Å²) in [6.45, 7) is 0.447. The molecule has 0 atom stereocenters. The summed E-state index contributed by atoms with van der Waals surface area (Å²) >= 11 is 2.78. The van der Waals surface area contributed by atoms with E-state index in [0.717, 1.165) is 4.88 Å². The Morgan fingerprint density at radius 3 is 2.47 bits per heavy atom. The van der Waals surface area contributed by atoms with Crippen LogP contribution in [0, 0.1) is 0 Å². The first kappa shape index (κ1) is 23.4. The number of amides is 3. The van der Waals surface area contributed by atoms with Gasteiger partial charge >= 0.3 is 6.09 Å². The molecule has 0 saturated carbocycles. The number of benzene rings is 1. The first-order valence-electron chi connectivity index (χ1n) is 9.61. The van der Waals surface area contributed by atoms with Crippen LogP contribution in [0.25, 0.3) is 0 Å². The van der Waals surface area contributed by atoms with Crippen molar-refractivity contribution in [1.82, 2.24) is 4.98 Å². The Morgan fingerprint density at radius 2 is 1.72 bits per heavy atom. The number of nitrogens with one attached hydrogen (secondary N) is 3. The first-order chi connectivity index (χ1) is 15.5. The number of thiophene rings is 1. The molecule has 0 fully saturated rings. The van der Waals surface area contributed by atoms with E-state index in [2.05, 4.69) is 20.9 Å². The van der Waals surface area contributed by atoms with Crippen LogP contribution in [0.15, 0.2) is 47.2 Å². The molecule has 11 heteroatoms. The van der Waals surface area contributed by atoms with Crippen molar-refractivity contribution in [3.05, 3.63) is 57.7 Å². The number of thiazole rings is 1. The van der Waals surface area contributed by atoms with Crippen LogP contribution >= 0.6 is 22.7 Å². The zero-order valence-corrected chi connectivity index (χ0v) is 18.9. The van der Waals surface area contributed by atoms with Gasteiger partial charge in [0, 0.05) is 28.7 Å². The summed E-state index contributed by atoms with van der Waals surface area (Å²) in [5.41, 5.74) is 1.55. The number of nitrogens with zero attached hydrogens (tertiary/aromatic N) is 1. The molecule has 0 spiro atoms. The van der Waals surface area contributed by atoms with Gasteiger partial charge in [-0.05, 0) is 29.6 Å². The van der Waals surface area contributed by atoms with E-state index in [1.54, 1.807) is 29.6 Å². The van der Waals surface area contributed by atoms with Crippen molar-refractivity contribution >= 4 is 57.1 Å². The lowest BCUT2D eigenvalue weighted by Gasteiger charge is -2.09. The SMILES string of the molecule is COCCOC(=O)Nc1cccc(NC(=O)Cc2csc(NC(=O)Cc3cccs3)n2)c1. The number of carbonyl (C=O) groups excluding carboxylic acids is 3. The Morgan fingerprint density at radius 1 is 0.938 bits per heavy atom. The number of carbonyl (C=O) groups is 3. The van der Waals surface area contributed by atoms with Gasteiger partial charge in [-0.2, -0.15) is 0 Å². The largest absolute Gasteiger partial charge is 0.447 e. The molecule has 0 bridgehead atoms. The highest BCUT2D eigenvalue weighted by molar-refractivity contribution is 7.14. The Hall–Kier alpha value is -3.28. The maximum Gasteiger partial charge on any atom is 0.411 e. The summed E-state index contributed by atoms with van der Waals surface area (Å²) < 4.78 is 9.76. The van der Waals surface area contributed by atoms with Crippen molar-refractivity contribution in [3.8, 4) is 0 Å². The Bertz CT molecular complexity index is 1050. The highest BCUT2D eigenvalue weighted by atomic mass is 32.1. The fourth-order valence-electron chi connectivity index (χ4n) is 2.60. The molecule has 2 heterocycles. The van der Waals surface area contributed by atoms with Crippen LogP contribution in [0.4, 0.5) is 21.3 Å². The minimum Gasteiger partial charge on any atom is -0.447 e. The fraction of sp³-hybridized carbons (Fsp3) is 0.238. The molecule has 32 heavy (non-hydrogen) atoms. The third-order valence-corrected chi connectivity index (χ3v) is 5.65. The van der Waals surface area contributed by atoms with E-state index < -0.39 is 6.09 Å². The lowest BCUT2D eigenvalue weighted by Crippen LogP contribution is -2.17. The second-order valence-electron chi connectivity index (χ2n) is 6.51. The van der Waals surface area contributed by atoms with Crippen LogP contribution in [0.2, 0.25) is 0 Å². The van der Waals surface area contributed by atoms with Crippen LogP contribution < -0.4 is 16.0 Å². The van der Waals surface area contributed by atoms with Crippen LogP contribution in [0.1, 0.15) is 10.6 Å². The maximum absolute atomic E-state index is 12.4. The number of aromatic nitrogens is 1. The highest BCUT2D eigenvalue weighted by Crippen LogP contribution is 2.19. The molecule has 168 valence electrons. The minimum atomic E-state index is -0.610. The summed E-state index contributed by atoms with van der Waals surface area (Å²) in [5, 5.41) is 12.2. The topological polar surface area (TPSA) is 119 Å². The molecule has 0 aliphatic carbocycles. The summed E-state index contributed by atoms with van der Waals surface area (Å²) in [4.78, 5) is 41.4. The minimum absolute atomic E-state index is 0.0496. The number of rotatable bonds is 10. The van der Waals surface area contributed by atoms with Crippen molar-refractivity contribution in [1.29, 1.82) is 0 Å². The monoisotopic (exact) mass is 474 g/mol. The van der Waals surface area contributed by atoms with Gasteiger partial charge in [0.1, 0.15) is 6.61 Å². The van der Waals surface area contributed by atoms with Crippen molar-refractivity contribution in [2.24, 2.45) is 0 Å². The van der Waals surface area contributed by atoms with Gasteiger partial charge in [0.05, 0.1) is 25.1 Å².